The summed E-state index contributed by atoms with van der Waals surface area (Å²) < 4.78 is 0. The van der Waals surface area contributed by atoms with Gasteiger partial charge in [0.15, 0.2) is 0 Å². The van der Waals surface area contributed by atoms with Gasteiger partial charge >= 0.3 is 0 Å². The molecule has 3 aliphatic carbocycles. The molecule has 13 heavy (non-hydrogen) atoms. The zero-order valence-corrected chi connectivity index (χ0v) is 9.38. The fourth-order valence-corrected chi connectivity index (χ4v) is 5.27. The fraction of sp³-hybridized carbons (Fsp3) is 1.00. The van der Waals surface area contributed by atoms with Gasteiger partial charge in [0.05, 0.1) is 0 Å². The molecule has 0 aromatic carbocycles. The van der Waals surface area contributed by atoms with E-state index < -0.39 is 0 Å². The Hall–Kier alpha value is 0. The summed E-state index contributed by atoms with van der Waals surface area (Å²) >= 11 is 0. The van der Waals surface area contributed by atoms with E-state index in [1.165, 1.54) is 0 Å². The molecule has 3 rings (SSSR count). The summed E-state index contributed by atoms with van der Waals surface area (Å²) in [5, 5.41) is 0. The molecule has 0 aromatic rings. The second-order valence-electron chi connectivity index (χ2n) is 6.35. The Balaban J connectivity index is 1.86. The molecule has 0 N–H and O–H groups in total. The molecule has 0 amide bonds. The van der Waals surface area contributed by atoms with Crippen molar-refractivity contribution in [3.63, 3.8) is 0 Å². The van der Waals surface area contributed by atoms with Crippen molar-refractivity contribution in [1.82, 2.24) is 0 Å². The van der Waals surface area contributed by atoms with Gasteiger partial charge in [0.2, 0.25) is 0 Å². The Morgan fingerprint density at radius 2 is 1.85 bits per heavy atom. The summed E-state index contributed by atoms with van der Waals surface area (Å²) in [7, 11) is 0. The lowest BCUT2D eigenvalue weighted by Crippen LogP contribution is -2.48. The first-order valence-corrected chi connectivity index (χ1v) is 6.09. The molecule has 0 heteroatoms. The van der Waals surface area contributed by atoms with Crippen LogP contribution in [-0.2, 0) is 0 Å². The monoisotopic (exact) mass is 178 g/mol. The molecule has 0 saturated heterocycles. The van der Waals surface area contributed by atoms with Crippen LogP contribution in [0.2, 0.25) is 0 Å². The predicted octanol–water partition coefficient (Wildman–Crippen LogP) is 3.57. The summed E-state index contributed by atoms with van der Waals surface area (Å²) in [6, 6.07) is 0. The van der Waals surface area contributed by atoms with Crippen molar-refractivity contribution in [1.29, 1.82) is 0 Å². The van der Waals surface area contributed by atoms with Gasteiger partial charge in [0.1, 0.15) is 0 Å². The van der Waals surface area contributed by atoms with E-state index >= 15 is 0 Å². The van der Waals surface area contributed by atoms with E-state index in [1.54, 1.807) is 12.8 Å². The van der Waals surface area contributed by atoms with Gasteiger partial charge in [-0.15, -0.1) is 0 Å². The summed E-state index contributed by atoms with van der Waals surface area (Å²) in [6.45, 7) is 9.86. The third kappa shape index (κ3) is 0.714. The lowest BCUT2D eigenvalue weighted by molar-refractivity contribution is -0.0533. The van der Waals surface area contributed by atoms with Crippen LogP contribution in [0.3, 0.4) is 0 Å². The van der Waals surface area contributed by atoms with Crippen molar-refractivity contribution >= 4 is 0 Å². The lowest BCUT2D eigenvalue weighted by Gasteiger charge is -2.53. The second-order valence-corrected chi connectivity index (χ2v) is 6.35. The van der Waals surface area contributed by atoms with Crippen LogP contribution in [0, 0.1) is 40.9 Å². The average Bonchev–Trinajstić information content (AvgIpc) is 2.74. The largest absolute Gasteiger partial charge is 0.0625 e. The molecule has 0 nitrogen and oxygen atoms in total. The van der Waals surface area contributed by atoms with Gasteiger partial charge in [0, 0.05) is 0 Å². The first-order chi connectivity index (χ1) is 6.09. The minimum atomic E-state index is 0.883. The zero-order chi connectivity index (χ0) is 9.38. The minimum Gasteiger partial charge on any atom is -0.0625 e. The predicted molar refractivity (Wildman–Crippen MR) is 55.3 cm³/mol. The average molecular weight is 178 g/mol. The molecule has 0 aromatic heterocycles. The zero-order valence-electron chi connectivity index (χ0n) is 9.38. The minimum absolute atomic E-state index is 0.883. The maximum absolute atomic E-state index is 2.53. The Kier molecular flexibility index (Phi) is 1.37. The van der Waals surface area contributed by atoms with Crippen LogP contribution in [0.5, 0.6) is 0 Å². The second kappa shape index (κ2) is 2.15. The number of rotatable bonds is 1. The third-order valence-electron chi connectivity index (χ3n) is 5.77. The molecular formula is C13H22. The van der Waals surface area contributed by atoms with Gasteiger partial charge in [-0.05, 0) is 53.8 Å². The highest BCUT2D eigenvalue weighted by molar-refractivity contribution is 5.24. The maximum Gasteiger partial charge on any atom is -0.0204 e. The summed E-state index contributed by atoms with van der Waals surface area (Å²) in [4.78, 5) is 0. The Bertz CT molecular complexity index is 242. The molecule has 1 spiro atoms. The van der Waals surface area contributed by atoms with Crippen LogP contribution in [0.1, 0.15) is 40.5 Å². The quantitative estimate of drug-likeness (QED) is 0.576. The molecule has 0 aliphatic heterocycles. The van der Waals surface area contributed by atoms with Gasteiger partial charge in [-0.2, -0.15) is 0 Å². The molecule has 74 valence electrons. The van der Waals surface area contributed by atoms with E-state index in [0.29, 0.717) is 0 Å². The highest BCUT2D eigenvalue weighted by Gasteiger charge is 2.76. The van der Waals surface area contributed by atoms with Crippen LogP contribution in [0.25, 0.3) is 0 Å². The molecular weight excluding hydrogens is 156 g/mol. The van der Waals surface area contributed by atoms with Crippen molar-refractivity contribution in [2.45, 2.75) is 40.5 Å². The number of hydrogen-bond acceptors (Lipinski definition) is 0. The maximum atomic E-state index is 2.53. The summed E-state index contributed by atoms with van der Waals surface area (Å²) in [5.41, 5.74) is 0.883. The van der Waals surface area contributed by atoms with E-state index in [9.17, 15) is 0 Å². The van der Waals surface area contributed by atoms with Gasteiger partial charge in [-0.1, -0.05) is 27.7 Å². The van der Waals surface area contributed by atoms with Gasteiger partial charge in [-0.25, -0.2) is 0 Å². The molecule has 6 atom stereocenters. The van der Waals surface area contributed by atoms with E-state index in [1.807, 2.05) is 0 Å². The van der Waals surface area contributed by atoms with E-state index in [-0.39, 0.29) is 0 Å². The molecule has 0 heterocycles. The molecule has 0 radical (unpaired) electrons. The van der Waals surface area contributed by atoms with Gasteiger partial charge in [0.25, 0.3) is 0 Å². The Morgan fingerprint density at radius 1 is 1.15 bits per heavy atom. The van der Waals surface area contributed by atoms with Crippen LogP contribution >= 0.6 is 0 Å². The van der Waals surface area contributed by atoms with Gasteiger partial charge < -0.3 is 0 Å². The smallest absolute Gasteiger partial charge is 0.0204 e. The van der Waals surface area contributed by atoms with Crippen molar-refractivity contribution in [3.05, 3.63) is 0 Å². The van der Waals surface area contributed by atoms with E-state index in [2.05, 4.69) is 27.7 Å². The topological polar surface area (TPSA) is 0 Å². The van der Waals surface area contributed by atoms with Crippen molar-refractivity contribution in [2.24, 2.45) is 40.9 Å². The first-order valence-electron chi connectivity index (χ1n) is 6.09. The third-order valence-corrected chi connectivity index (χ3v) is 5.77. The fourth-order valence-electron chi connectivity index (χ4n) is 5.27. The van der Waals surface area contributed by atoms with Crippen LogP contribution in [0.4, 0.5) is 0 Å². The van der Waals surface area contributed by atoms with Crippen LogP contribution in [-0.4, -0.2) is 0 Å². The highest BCUT2D eigenvalue weighted by atomic mass is 14.8. The molecule has 3 saturated carbocycles. The molecule has 3 aliphatic rings. The van der Waals surface area contributed by atoms with Crippen LogP contribution in [0.15, 0.2) is 0 Å². The Labute approximate surface area is 82.1 Å². The normalized spacial score (nSPS) is 63.0. The van der Waals surface area contributed by atoms with Crippen molar-refractivity contribution in [3.8, 4) is 0 Å². The molecule has 6 unspecified atom stereocenters. The van der Waals surface area contributed by atoms with E-state index in [4.69, 9.17) is 0 Å². The van der Waals surface area contributed by atoms with Crippen molar-refractivity contribution < 1.29 is 0 Å². The number of hydrogen-bond donors (Lipinski definition) is 0. The van der Waals surface area contributed by atoms with Gasteiger partial charge in [-0.3, -0.25) is 0 Å². The van der Waals surface area contributed by atoms with Crippen molar-refractivity contribution in [2.75, 3.05) is 0 Å². The standard InChI is InChI=1S/C13H22/c1-7(2)12-9(4)13-6-11(13)8(3)5-10(12)13/h7-12H,5-6H2,1-4H3. The molecule has 3 fully saturated rings. The molecule has 0 bridgehead atoms. The lowest BCUT2D eigenvalue weighted by atomic mass is 9.52. The first kappa shape index (κ1) is 8.32. The summed E-state index contributed by atoms with van der Waals surface area (Å²) in [6.07, 6.45) is 3.14. The highest BCUT2D eigenvalue weighted by Crippen LogP contribution is 2.82. The van der Waals surface area contributed by atoms with Crippen LogP contribution < -0.4 is 0 Å². The Morgan fingerprint density at radius 3 is 2.38 bits per heavy atom. The SMILES string of the molecule is CC(C)C1C(C)C23CC2C(C)CC13. The summed E-state index contributed by atoms with van der Waals surface area (Å²) in [5.74, 6) is 6.36. The van der Waals surface area contributed by atoms with E-state index in [0.717, 1.165) is 40.9 Å².